The normalized spacial score (nSPS) is 25.0. The van der Waals surface area contributed by atoms with E-state index >= 15 is 0 Å². The highest BCUT2D eigenvalue weighted by atomic mass is 15.3. The van der Waals surface area contributed by atoms with E-state index in [2.05, 4.69) is 14.8 Å². The molecule has 4 heteroatoms. The molecule has 1 aliphatic carbocycles. The molecule has 0 aromatic carbocycles. The third-order valence-electron chi connectivity index (χ3n) is 4.92. The molecule has 1 unspecified atom stereocenters. The Balaban J connectivity index is 1.67. The Morgan fingerprint density at radius 1 is 1.00 bits per heavy atom. The highest BCUT2D eigenvalue weighted by molar-refractivity contribution is 5.01. The van der Waals surface area contributed by atoms with Crippen molar-refractivity contribution < 1.29 is 0 Å². The van der Waals surface area contributed by atoms with Gasteiger partial charge < -0.3 is 10.3 Å². The van der Waals surface area contributed by atoms with Crippen molar-refractivity contribution in [1.29, 1.82) is 0 Å². The Morgan fingerprint density at radius 2 is 1.79 bits per heavy atom. The minimum Gasteiger partial charge on any atom is -0.330 e. The molecule has 2 aliphatic rings. The smallest absolute Gasteiger partial charge is 0.133 e. The molecule has 1 atom stereocenters. The molecule has 19 heavy (non-hydrogen) atoms. The fourth-order valence-electron chi connectivity index (χ4n) is 3.63. The van der Waals surface area contributed by atoms with Crippen LogP contribution in [0.4, 0.5) is 0 Å². The highest BCUT2D eigenvalue weighted by Crippen LogP contribution is 2.27. The molecule has 0 radical (unpaired) electrons. The van der Waals surface area contributed by atoms with Gasteiger partial charge in [-0.1, -0.05) is 38.5 Å². The van der Waals surface area contributed by atoms with Crippen LogP contribution < -0.4 is 5.73 Å². The van der Waals surface area contributed by atoms with E-state index in [4.69, 9.17) is 5.73 Å². The summed E-state index contributed by atoms with van der Waals surface area (Å²) in [7, 11) is 0. The number of nitrogens with two attached hydrogens (primary N) is 1. The Labute approximate surface area is 115 Å². The minimum atomic E-state index is 0.613. The SMILES string of the molecule is NCC1CCn2c(nnc2CC2CCCCCC2)C1. The quantitative estimate of drug-likeness (QED) is 0.850. The molecule has 1 fully saturated rings. The van der Waals surface area contributed by atoms with Crippen molar-refractivity contribution in [2.45, 2.75) is 64.3 Å². The van der Waals surface area contributed by atoms with E-state index in [1.165, 1.54) is 56.6 Å². The lowest BCUT2D eigenvalue weighted by Gasteiger charge is -2.23. The topological polar surface area (TPSA) is 56.7 Å². The second-order valence-corrected chi connectivity index (χ2v) is 6.34. The zero-order chi connectivity index (χ0) is 13.1. The maximum Gasteiger partial charge on any atom is 0.133 e. The number of hydrogen-bond acceptors (Lipinski definition) is 3. The van der Waals surface area contributed by atoms with Crippen molar-refractivity contribution >= 4 is 0 Å². The predicted octanol–water partition coefficient (Wildman–Crippen LogP) is 2.31. The minimum absolute atomic E-state index is 0.613. The summed E-state index contributed by atoms with van der Waals surface area (Å²) in [6.07, 6.45) is 11.8. The molecular formula is C15H26N4. The fraction of sp³-hybridized carbons (Fsp3) is 0.867. The number of rotatable bonds is 3. The maximum absolute atomic E-state index is 5.78. The number of aromatic nitrogens is 3. The largest absolute Gasteiger partial charge is 0.330 e. The van der Waals surface area contributed by atoms with Crippen molar-refractivity contribution in [2.75, 3.05) is 6.54 Å². The van der Waals surface area contributed by atoms with E-state index in [1.54, 1.807) is 0 Å². The van der Waals surface area contributed by atoms with Crippen LogP contribution in [0.2, 0.25) is 0 Å². The van der Waals surface area contributed by atoms with Crippen molar-refractivity contribution in [3.8, 4) is 0 Å². The van der Waals surface area contributed by atoms with Crippen molar-refractivity contribution in [3.63, 3.8) is 0 Å². The zero-order valence-electron chi connectivity index (χ0n) is 11.9. The number of fused-ring (bicyclic) bond motifs is 1. The predicted molar refractivity (Wildman–Crippen MR) is 75.8 cm³/mol. The second-order valence-electron chi connectivity index (χ2n) is 6.34. The van der Waals surface area contributed by atoms with Gasteiger partial charge in [-0.25, -0.2) is 0 Å². The average Bonchev–Trinajstić information content (AvgIpc) is 2.66. The van der Waals surface area contributed by atoms with Crippen molar-refractivity contribution in [1.82, 2.24) is 14.8 Å². The van der Waals surface area contributed by atoms with Gasteiger partial charge in [0, 0.05) is 19.4 Å². The summed E-state index contributed by atoms with van der Waals surface area (Å²) in [6.45, 7) is 1.86. The number of nitrogens with zero attached hydrogens (tertiary/aromatic N) is 3. The molecule has 2 heterocycles. The molecule has 3 rings (SSSR count). The first-order valence-corrected chi connectivity index (χ1v) is 7.98. The summed E-state index contributed by atoms with van der Waals surface area (Å²) in [5.74, 6) is 3.85. The van der Waals surface area contributed by atoms with Crippen LogP contribution in [0.5, 0.6) is 0 Å². The lowest BCUT2D eigenvalue weighted by atomic mass is 9.95. The van der Waals surface area contributed by atoms with E-state index in [1.807, 2.05) is 0 Å². The van der Waals surface area contributed by atoms with E-state index in [0.29, 0.717) is 5.92 Å². The summed E-state index contributed by atoms with van der Waals surface area (Å²) in [6, 6.07) is 0. The maximum atomic E-state index is 5.78. The van der Waals surface area contributed by atoms with Gasteiger partial charge in [0.1, 0.15) is 11.6 Å². The first-order chi connectivity index (χ1) is 9.36. The molecule has 106 valence electrons. The Morgan fingerprint density at radius 3 is 2.53 bits per heavy atom. The van der Waals surface area contributed by atoms with Crippen LogP contribution in [0.3, 0.4) is 0 Å². The number of hydrogen-bond donors (Lipinski definition) is 1. The molecule has 1 aromatic rings. The third-order valence-corrected chi connectivity index (χ3v) is 4.92. The molecule has 2 N–H and O–H groups in total. The van der Waals surface area contributed by atoms with E-state index in [9.17, 15) is 0 Å². The van der Waals surface area contributed by atoms with Crippen LogP contribution in [-0.4, -0.2) is 21.3 Å². The molecule has 0 spiro atoms. The first kappa shape index (κ1) is 13.1. The lowest BCUT2D eigenvalue weighted by molar-refractivity contribution is 0.373. The monoisotopic (exact) mass is 262 g/mol. The van der Waals surface area contributed by atoms with Gasteiger partial charge in [0.25, 0.3) is 0 Å². The van der Waals surface area contributed by atoms with Gasteiger partial charge in [-0.05, 0) is 24.8 Å². The van der Waals surface area contributed by atoms with Crippen LogP contribution >= 0.6 is 0 Å². The summed E-state index contributed by atoms with van der Waals surface area (Å²) in [5, 5.41) is 8.86. The molecule has 1 aliphatic heterocycles. The average molecular weight is 262 g/mol. The van der Waals surface area contributed by atoms with Gasteiger partial charge in [0.05, 0.1) is 0 Å². The van der Waals surface area contributed by atoms with Crippen LogP contribution in [-0.2, 0) is 19.4 Å². The standard InChI is InChI=1S/C15H26N4/c16-11-13-7-8-19-14(17-18-15(19)10-13)9-12-5-3-1-2-4-6-12/h12-13H,1-11,16H2. The Kier molecular flexibility index (Phi) is 4.16. The first-order valence-electron chi connectivity index (χ1n) is 7.98. The van der Waals surface area contributed by atoms with E-state index in [-0.39, 0.29) is 0 Å². The van der Waals surface area contributed by atoms with Crippen molar-refractivity contribution in [2.24, 2.45) is 17.6 Å². The van der Waals surface area contributed by atoms with E-state index < -0.39 is 0 Å². The highest BCUT2D eigenvalue weighted by Gasteiger charge is 2.23. The van der Waals surface area contributed by atoms with Gasteiger partial charge in [-0.15, -0.1) is 10.2 Å². The lowest BCUT2D eigenvalue weighted by Crippen LogP contribution is -2.26. The van der Waals surface area contributed by atoms with Crippen LogP contribution in [0.25, 0.3) is 0 Å². The summed E-state index contributed by atoms with van der Waals surface area (Å²) < 4.78 is 2.37. The van der Waals surface area contributed by atoms with Crippen LogP contribution in [0.1, 0.15) is 56.6 Å². The van der Waals surface area contributed by atoms with Crippen LogP contribution in [0.15, 0.2) is 0 Å². The van der Waals surface area contributed by atoms with E-state index in [0.717, 1.165) is 31.8 Å². The molecular weight excluding hydrogens is 236 g/mol. The molecule has 4 nitrogen and oxygen atoms in total. The van der Waals surface area contributed by atoms with Gasteiger partial charge in [-0.3, -0.25) is 0 Å². The molecule has 0 bridgehead atoms. The molecule has 1 aromatic heterocycles. The van der Waals surface area contributed by atoms with Gasteiger partial charge >= 0.3 is 0 Å². The fourth-order valence-corrected chi connectivity index (χ4v) is 3.63. The van der Waals surface area contributed by atoms with Gasteiger partial charge in [0.2, 0.25) is 0 Å². The molecule has 1 saturated carbocycles. The Hall–Kier alpha value is -0.900. The van der Waals surface area contributed by atoms with Crippen LogP contribution in [0, 0.1) is 11.8 Å². The molecule has 0 saturated heterocycles. The Bertz CT molecular complexity index is 404. The van der Waals surface area contributed by atoms with Gasteiger partial charge in [-0.2, -0.15) is 0 Å². The van der Waals surface area contributed by atoms with Gasteiger partial charge in [0.15, 0.2) is 0 Å². The van der Waals surface area contributed by atoms with Crippen molar-refractivity contribution in [3.05, 3.63) is 11.6 Å². The summed E-state index contributed by atoms with van der Waals surface area (Å²) in [4.78, 5) is 0. The summed E-state index contributed by atoms with van der Waals surface area (Å²) in [5.41, 5.74) is 5.78. The molecule has 0 amide bonds. The third kappa shape index (κ3) is 2.99. The summed E-state index contributed by atoms with van der Waals surface area (Å²) >= 11 is 0. The second kappa shape index (κ2) is 6.04. The zero-order valence-corrected chi connectivity index (χ0v) is 11.9.